The molecule has 7 nitrogen and oxygen atoms in total. The number of hydrogen-bond acceptors (Lipinski definition) is 5. The fourth-order valence-corrected chi connectivity index (χ4v) is 2.75. The van der Waals surface area contributed by atoms with Crippen LogP contribution < -0.4 is 10.6 Å². The first-order valence-electron chi connectivity index (χ1n) is 9.04. The molecule has 0 aliphatic carbocycles. The fourth-order valence-electron chi connectivity index (χ4n) is 2.75. The summed E-state index contributed by atoms with van der Waals surface area (Å²) in [4.78, 5) is 24.6. The zero-order valence-corrected chi connectivity index (χ0v) is 15.8. The van der Waals surface area contributed by atoms with Crippen molar-refractivity contribution in [2.75, 3.05) is 10.6 Å². The number of carbonyl (C=O) groups excluding carboxylic acids is 1. The molecule has 0 atom stereocenters. The third-order valence-electron chi connectivity index (χ3n) is 4.31. The Bertz CT molecular complexity index is 1170. The lowest BCUT2D eigenvalue weighted by atomic mass is 10.1. The summed E-state index contributed by atoms with van der Waals surface area (Å²) in [6.45, 7) is 0. The van der Waals surface area contributed by atoms with Gasteiger partial charge in [-0.1, -0.05) is 0 Å². The number of nitrogens with one attached hydrogen (secondary N) is 2. The Morgan fingerprint density at radius 2 is 1.65 bits per heavy atom. The Labute approximate surface area is 174 Å². The quantitative estimate of drug-likeness (QED) is 0.486. The molecule has 0 aliphatic heterocycles. The normalized spacial score (nSPS) is 11.2. The third-order valence-corrected chi connectivity index (χ3v) is 4.31. The van der Waals surface area contributed by atoms with E-state index in [0.29, 0.717) is 17.3 Å². The van der Waals surface area contributed by atoms with E-state index in [0.717, 1.165) is 30.0 Å². The number of alkyl halides is 3. The molecule has 2 aromatic heterocycles. The van der Waals surface area contributed by atoms with E-state index in [1.165, 1.54) is 6.33 Å². The zero-order chi connectivity index (χ0) is 21.8. The summed E-state index contributed by atoms with van der Waals surface area (Å²) in [6, 6.07) is 12.6. The third kappa shape index (κ3) is 4.86. The molecule has 0 saturated heterocycles. The number of aromatic nitrogens is 4. The van der Waals surface area contributed by atoms with Crippen LogP contribution in [0.4, 0.5) is 30.4 Å². The molecule has 1 amide bonds. The fraction of sp³-hybridized carbons (Fsp3) is 0.0476. The Kier molecular flexibility index (Phi) is 5.35. The van der Waals surface area contributed by atoms with Gasteiger partial charge in [0.1, 0.15) is 24.3 Å². The molecule has 0 spiro atoms. The number of benzene rings is 2. The molecule has 0 saturated carbocycles. The van der Waals surface area contributed by atoms with Gasteiger partial charge in [-0.3, -0.25) is 9.36 Å². The van der Waals surface area contributed by atoms with Crippen molar-refractivity contribution in [1.82, 2.24) is 19.5 Å². The SMILES string of the molecule is O=C(Nc1ccc(Nc2cc(-n3ccnc3)ncn2)cc1)c1ccc(C(F)(F)F)cc1. The highest BCUT2D eigenvalue weighted by molar-refractivity contribution is 6.04. The highest BCUT2D eigenvalue weighted by atomic mass is 19.4. The minimum Gasteiger partial charge on any atom is -0.340 e. The first-order chi connectivity index (χ1) is 14.9. The number of imidazole rings is 1. The standard InChI is InChI=1S/C21H15F3N6O/c22-21(23,24)15-3-1-14(2-4-15)20(31)29-17-7-5-16(6-8-17)28-18-11-19(27-12-26-18)30-10-9-25-13-30/h1-13H,(H,29,31)(H,26,27,28). The van der Waals surface area contributed by atoms with Crippen LogP contribution in [0.1, 0.15) is 15.9 Å². The van der Waals surface area contributed by atoms with Crippen LogP contribution in [0.15, 0.2) is 79.6 Å². The Hall–Kier alpha value is -4.21. The van der Waals surface area contributed by atoms with Crippen molar-refractivity contribution in [3.8, 4) is 5.82 Å². The van der Waals surface area contributed by atoms with Gasteiger partial charge in [0.2, 0.25) is 0 Å². The maximum absolute atomic E-state index is 12.6. The van der Waals surface area contributed by atoms with Crippen LogP contribution in [0.5, 0.6) is 0 Å². The molecular weight excluding hydrogens is 409 g/mol. The van der Waals surface area contributed by atoms with Gasteiger partial charge in [-0.15, -0.1) is 0 Å². The molecule has 0 unspecified atom stereocenters. The van der Waals surface area contributed by atoms with E-state index >= 15 is 0 Å². The largest absolute Gasteiger partial charge is 0.416 e. The monoisotopic (exact) mass is 424 g/mol. The van der Waals surface area contributed by atoms with E-state index in [-0.39, 0.29) is 5.56 Å². The average molecular weight is 424 g/mol. The van der Waals surface area contributed by atoms with Crippen molar-refractivity contribution >= 4 is 23.1 Å². The summed E-state index contributed by atoms with van der Waals surface area (Å²) < 4.78 is 39.7. The molecule has 0 aliphatic rings. The lowest BCUT2D eigenvalue weighted by molar-refractivity contribution is -0.137. The second-order valence-electron chi connectivity index (χ2n) is 6.46. The number of carbonyl (C=O) groups is 1. The number of hydrogen-bond donors (Lipinski definition) is 2. The number of amides is 1. The summed E-state index contributed by atoms with van der Waals surface area (Å²) in [7, 11) is 0. The Balaban J connectivity index is 1.40. The van der Waals surface area contributed by atoms with E-state index in [1.54, 1.807) is 53.6 Å². The minimum atomic E-state index is -4.44. The van der Waals surface area contributed by atoms with Gasteiger partial charge < -0.3 is 10.6 Å². The van der Waals surface area contributed by atoms with E-state index < -0.39 is 17.6 Å². The Morgan fingerprint density at radius 1 is 0.935 bits per heavy atom. The van der Waals surface area contributed by atoms with Crippen molar-refractivity contribution in [3.63, 3.8) is 0 Å². The van der Waals surface area contributed by atoms with Crippen LogP contribution in [0.2, 0.25) is 0 Å². The van der Waals surface area contributed by atoms with E-state index in [2.05, 4.69) is 25.6 Å². The van der Waals surface area contributed by atoms with Gasteiger partial charge in [0.25, 0.3) is 5.91 Å². The van der Waals surface area contributed by atoms with Gasteiger partial charge in [0.15, 0.2) is 0 Å². The number of anilines is 3. The van der Waals surface area contributed by atoms with Crippen LogP contribution in [0.25, 0.3) is 5.82 Å². The van der Waals surface area contributed by atoms with Gasteiger partial charge in [-0.25, -0.2) is 15.0 Å². The predicted octanol–water partition coefficient (Wildman–Crippen LogP) is 4.68. The number of halogens is 3. The molecule has 2 N–H and O–H groups in total. The molecule has 31 heavy (non-hydrogen) atoms. The van der Waals surface area contributed by atoms with E-state index in [1.807, 2.05) is 0 Å². The molecule has 0 bridgehead atoms. The topological polar surface area (TPSA) is 84.7 Å². The molecule has 0 radical (unpaired) electrons. The van der Waals surface area contributed by atoms with Crippen LogP contribution in [0.3, 0.4) is 0 Å². The zero-order valence-electron chi connectivity index (χ0n) is 15.8. The second kappa shape index (κ2) is 8.27. The summed E-state index contributed by atoms with van der Waals surface area (Å²) in [5.74, 6) is 0.714. The van der Waals surface area contributed by atoms with Crippen LogP contribution in [-0.4, -0.2) is 25.4 Å². The van der Waals surface area contributed by atoms with Gasteiger partial charge in [0, 0.05) is 35.4 Å². The minimum absolute atomic E-state index is 0.128. The van der Waals surface area contributed by atoms with Crippen LogP contribution >= 0.6 is 0 Å². The lowest BCUT2D eigenvalue weighted by Crippen LogP contribution is -2.12. The highest BCUT2D eigenvalue weighted by Gasteiger charge is 2.30. The molecular formula is C21H15F3N6O. The van der Waals surface area contributed by atoms with Gasteiger partial charge in [-0.2, -0.15) is 13.2 Å². The van der Waals surface area contributed by atoms with Gasteiger partial charge in [-0.05, 0) is 48.5 Å². The molecule has 156 valence electrons. The summed E-state index contributed by atoms with van der Waals surface area (Å²) >= 11 is 0. The van der Waals surface area contributed by atoms with E-state index in [4.69, 9.17) is 0 Å². The maximum Gasteiger partial charge on any atom is 0.416 e. The lowest BCUT2D eigenvalue weighted by Gasteiger charge is -2.10. The number of rotatable bonds is 5. The van der Waals surface area contributed by atoms with Crippen molar-refractivity contribution < 1.29 is 18.0 Å². The summed E-state index contributed by atoms with van der Waals surface area (Å²) in [5.41, 5.74) is 0.545. The molecule has 0 fully saturated rings. The smallest absolute Gasteiger partial charge is 0.340 e. The van der Waals surface area contributed by atoms with Crippen LogP contribution in [-0.2, 0) is 6.18 Å². The second-order valence-corrected chi connectivity index (χ2v) is 6.46. The van der Waals surface area contributed by atoms with Gasteiger partial charge >= 0.3 is 6.18 Å². The maximum atomic E-state index is 12.6. The summed E-state index contributed by atoms with van der Waals surface area (Å²) in [5, 5.41) is 5.79. The molecule has 4 aromatic rings. The van der Waals surface area contributed by atoms with E-state index in [9.17, 15) is 18.0 Å². The first-order valence-corrected chi connectivity index (χ1v) is 9.04. The van der Waals surface area contributed by atoms with Gasteiger partial charge in [0.05, 0.1) is 5.56 Å². The molecule has 10 heteroatoms. The average Bonchev–Trinajstić information content (AvgIpc) is 3.30. The van der Waals surface area contributed by atoms with Crippen LogP contribution in [0, 0.1) is 0 Å². The predicted molar refractivity (Wildman–Crippen MR) is 108 cm³/mol. The summed E-state index contributed by atoms with van der Waals surface area (Å²) in [6.07, 6.45) is 2.02. The number of nitrogens with zero attached hydrogens (tertiary/aromatic N) is 4. The molecule has 4 rings (SSSR count). The molecule has 2 heterocycles. The Morgan fingerprint density at radius 3 is 2.29 bits per heavy atom. The van der Waals surface area contributed by atoms with Crippen molar-refractivity contribution in [3.05, 3.63) is 90.8 Å². The van der Waals surface area contributed by atoms with Crippen molar-refractivity contribution in [1.29, 1.82) is 0 Å². The highest BCUT2D eigenvalue weighted by Crippen LogP contribution is 2.29. The molecule has 2 aromatic carbocycles. The van der Waals surface area contributed by atoms with Crippen molar-refractivity contribution in [2.45, 2.75) is 6.18 Å². The van der Waals surface area contributed by atoms with Crippen molar-refractivity contribution in [2.24, 2.45) is 0 Å². The first kappa shape index (κ1) is 20.1.